The van der Waals surface area contributed by atoms with Crippen molar-refractivity contribution in [1.29, 1.82) is 0 Å². The number of allylic oxidation sites excluding steroid dienone is 1. The molecule has 3 rings (SSSR count). The Labute approximate surface area is 137 Å². The Morgan fingerprint density at radius 1 is 1.04 bits per heavy atom. The summed E-state index contributed by atoms with van der Waals surface area (Å²) < 4.78 is 0. The van der Waals surface area contributed by atoms with Crippen molar-refractivity contribution < 1.29 is 9.63 Å². The first-order chi connectivity index (χ1) is 11.2. The summed E-state index contributed by atoms with van der Waals surface area (Å²) >= 11 is 0. The maximum Gasteiger partial charge on any atom is 0.269 e. The van der Waals surface area contributed by atoms with Crippen LogP contribution in [0.3, 0.4) is 0 Å². The van der Waals surface area contributed by atoms with E-state index in [0.717, 1.165) is 18.4 Å². The monoisotopic (exact) mass is 307 g/mol. The van der Waals surface area contributed by atoms with Gasteiger partial charge in [0.1, 0.15) is 0 Å². The molecule has 1 aliphatic carbocycles. The van der Waals surface area contributed by atoms with Crippen LogP contribution in [0.4, 0.5) is 0 Å². The molecule has 23 heavy (non-hydrogen) atoms. The zero-order valence-electron chi connectivity index (χ0n) is 13.5. The maximum absolute atomic E-state index is 12.3. The molecule has 0 aliphatic heterocycles. The molecular formula is C20H21NO2. The summed E-state index contributed by atoms with van der Waals surface area (Å²) in [5.74, 6) is -0.126. The number of hydrogen-bond acceptors (Lipinski definition) is 2. The number of benzene rings is 2. The predicted molar refractivity (Wildman–Crippen MR) is 90.8 cm³/mol. The molecule has 0 N–H and O–H groups in total. The second-order valence-electron chi connectivity index (χ2n) is 5.83. The van der Waals surface area contributed by atoms with Crippen LogP contribution in [0.25, 0.3) is 0 Å². The van der Waals surface area contributed by atoms with Crippen LogP contribution >= 0.6 is 0 Å². The average Bonchev–Trinajstić information content (AvgIpc) is 2.60. The van der Waals surface area contributed by atoms with Crippen molar-refractivity contribution in [2.75, 3.05) is 14.2 Å². The van der Waals surface area contributed by atoms with E-state index in [1.165, 1.54) is 23.3 Å². The van der Waals surface area contributed by atoms with E-state index in [9.17, 15) is 4.79 Å². The Hall–Kier alpha value is -2.39. The van der Waals surface area contributed by atoms with E-state index in [1.54, 1.807) is 13.1 Å². The molecule has 0 spiro atoms. The summed E-state index contributed by atoms with van der Waals surface area (Å²) in [6, 6.07) is 20.8. The van der Waals surface area contributed by atoms with Gasteiger partial charge in [-0.25, -0.2) is 5.06 Å². The van der Waals surface area contributed by atoms with E-state index in [2.05, 4.69) is 48.5 Å². The smallest absolute Gasteiger partial charge is 0.269 e. The lowest BCUT2D eigenvalue weighted by molar-refractivity contribution is -0.162. The first-order valence-corrected chi connectivity index (χ1v) is 7.82. The summed E-state index contributed by atoms with van der Waals surface area (Å²) in [5, 5.41) is 1.26. The average molecular weight is 307 g/mol. The molecule has 0 unspecified atom stereocenters. The zero-order chi connectivity index (χ0) is 16.3. The molecule has 0 saturated heterocycles. The molecule has 0 radical (unpaired) electrons. The van der Waals surface area contributed by atoms with Crippen LogP contribution in [-0.2, 0) is 15.0 Å². The summed E-state index contributed by atoms with van der Waals surface area (Å²) in [5.41, 5.74) is 3.41. The van der Waals surface area contributed by atoms with Gasteiger partial charge in [-0.05, 0) is 29.5 Å². The third-order valence-electron chi connectivity index (χ3n) is 4.73. The van der Waals surface area contributed by atoms with Gasteiger partial charge in [-0.3, -0.25) is 9.63 Å². The molecule has 1 amide bonds. The fraction of sp³-hybridized carbons (Fsp3) is 0.250. The minimum absolute atomic E-state index is 0.126. The number of hydrogen-bond donors (Lipinski definition) is 0. The Kier molecular flexibility index (Phi) is 4.30. The molecule has 1 aliphatic rings. The molecule has 118 valence electrons. The predicted octanol–water partition coefficient (Wildman–Crippen LogP) is 3.71. The second-order valence-corrected chi connectivity index (χ2v) is 5.83. The number of hydroxylamine groups is 2. The van der Waals surface area contributed by atoms with Crippen molar-refractivity contribution in [3.05, 3.63) is 83.4 Å². The van der Waals surface area contributed by atoms with Crippen LogP contribution in [0.2, 0.25) is 0 Å². The van der Waals surface area contributed by atoms with Crippen LogP contribution in [-0.4, -0.2) is 25.1 Å². The van der Waals surface area contributed by atoms with Crippen molar-refractivity contribution >= 4 is 5.91 Å². The van der Waals surface area contributed by atoms with Crippen molar-refractivity contribution in [2.45, 2.75) is 18.3 Å². The van der Waals surface area contributed by atoms with Gasteiger partial charge in [0.05, 0.1) is 7.11 Å². The van der Waals surface area contributed by atoms with Crippen LogP contribution in [0.5, 0.6) is 0 Å². The number of likely N-dealkylation sites (N-methyl/N-ethyl adjacent to an activating group) is 1. The Morgan fingerprint density at radius 2 is 1.57 bits per heavy atom. The molecule has 3 heteroatoms. The van der Waals surface area contributed by atoms with Crippen LogP contribution in [0, 0.1) is 0 Å². The quantitative estimate of drug-likeness (QED) is 0.636. The van der Waals surface area contributed by atoms with E-state index in [-0.39, 0.29) is 11.3 Å². The normalized spacial score (nSPS) is 17.6. The summed E-state index contributed by atoms with van der Waals surface area (Å²) in [7, 11) is 3.13. The standard InChI is InChI=1S/C20H21NO2/c1-21(23-2)19(22)15-18-13-14-20(18,16-9-5-3-6-10-16)17-11-7-4-8-12-17/h3-12,15H,13-14H2,1-2H3/b18-15+. The SMILES string of the molecule is CON(C)C(=O)/C=C1\CCC1(c1ccccc1)c1ccccc1. The van der Waals surface area contributed by atoms with E-state index in [1.807, 2.05) is 12.1 Å². The van der Waals surface area contributed by atoms with Gasteiger partial charge >= 0.3 is 0 Å². The van der Waals surface area contributed by atoms with E-state index < -0.39 is 0 Å². The molecular weight excluding hydrogens is 286 g/mol. The number of carbonyl (C=O) groups excluding carboxylic acids is 1. The zero-order valence-corrected chi connectivity index (χ0v) is 13.5. The van der Waals surface area contributed by atoms with Gasteiger partial charge in [-0.2, -0.15) is 0 Å². The summed E-state index contributed by atoms with van der Waals surface area (Å²) in [6.07, 6.45) is 3.66. The van der Waals surface area contributed by atoms with E-state index in [4.69, 9.17) is 4.84 Å². The van der Waals surface area contributed by atoms with Crippen LogP contribution in [0.1, 0.15) is 24.0 Å². The lowest BCUT2D eigenvalue weighted by Crippen LogP contribution is -2.39. The highest BCUT2D eigenvalue weighted by Gasteiger charge is 2.45. The molecule has 0 heterocycles. The van der Waals surface area contributed by atoms with Gasteiger partial charge in [0.25, 0.3) is 5.91 Å². The molecule has 3 nitrogen and oxygen atoms in total. The van der Waals surface area contributed by atoms with Crippen molar-refractivity contribution in [2.24, 2.45) is 0 Å². The van der Waals surface area contributed by atoms with Crippen molar-refractivity contribution in [1.82, 2.24) is 5.06 Å². The molecule has 1 saturated carbocycles. The Bertz CT molecular complexity index is 667. The van der Waals surface area contributed by atoms with Gasteiger partial charge in [0.2, 0.25) is 0 Å². The number of amides is 1. The number of rotatable bonds is 4. The molecule has 0 aromatic heterocycles. The summed E-state index contributed by atoms with van der Waals surface area (Å²) in [4.78, 5) is 17.3. The molecule has 2 aromatic carbocycles. The Balaban J connectivity index is 2.08. The van der Waals surface area contributed by atoms with Gasteiger partial charge < -0.3 is 0 Å². The van der Waals surface area contributed by atoms with Crippen molar-refractivity contribution in [3.63, 3.8) is 0 Å². The first-order valence-electron chi connectivity index (χ1n) is 7.82. The third-order valence-corrected chi connectivity index (χ3v) is 4.73. The lowest BCUT2D eigenvalue weighted by atomic mass is 9.57. The van der Waals surface area contributed by atoms with Crippen LogP contribution in [0.15, 0.2) is 72.3 Å². The fourth-order valence-electron chi connectivity index (χ4n) is 3.32. The number of carbonyl (C=O) groups is 1. The largest absolute Gasteiger partial charge is 0.274 e. The molecule has 1 fully saturated rings. The summed E-state index contributed by atoms with van der Waals surface area (Å²) in [6.45, 7) is 0. The minimum atomic E-state index is -0.202. The highest BCUT2D eigenvalue weighted by atomic mass is 16.7. The minimum Gasteiger partial charge on any atom is -0.274 e. The fourth-order valence-corrected chi connectivity index (χ4v) is 3.32. The highest BCUT2D eigenvalue weighted by molar-refractivity contribution is 5.88. The number of nitrogens with zero attached hydrogens (tertiary/aromatic N) is 1. The second kappa shape index (κ2) is 6.39. The topological polar surface area (TPSA) is 29.5 Å². The molecule has 0 atom stereocenters. The molecule has 0 bridgehead atoms. The van der Waals surface area contributed by atoms with Gasteiger partial charge in [-0.15, -0.1) is 0 Å². The van der Waals surface area contributed by atoms with Gasteiger partial charge in [0, 0.05) is 18.5 Å². The van der Waals surface area contributed by atoms with Crippen LogP contribution < -0.4 is 0 Å². The third kappa shape index (κ3) is 2.68. The molecule has 2 aromatic rings. The van der Waals surface area contributed by atoms with Gasteiger partial charge in [-0.1, -0.05) is 60.7 Å². The van der Waals surface area contributed by atoms with Crippen molar-refractivity contribution in [3.8, 4) is 0 Å². The first kappa shape index (κ1) is 15.5. The lowest BCUT2D eigenvalue weighted by Gasteiger charge is -2.46. The van der Waals surface area contributed by atoms with E-state index in [0.29, 0.717) is 0 Å². The maximum atomic E-state index is 12.3. The Morgan fingerprint density at radius 3 is 1.96 bits per heavy atom. The highest BCUT2D eigenvalue weighted by Crippen LogP contribution is 2.53. The van der Waals surface area contributed by atoms with E-state index >= 15 is 0 Å². The van der Waals surface area contributed by atoms with Gasteiger partial charge in [0.15, 0.2) is 0 Å².